The number of aromatic nitrogens is 6. The molecule has 4 rings (SSSR count). The van der Waals surface area contributed by atoms with Gasteiger partial charge in [0, 0.05) is 49.5 Å². The van der Waals surface area contributed by atoms with Crippen molar-refractivity contribution in [1.29, 1.82) is 0 Å². The quantitative estimate of drug-likeness (QED) is 0.199. The van der Waals surface area contributed by atoms with Crippen LogP contribution in [-0.2, 0) is 16.1 Å². The molecule has 1 amide bonds. The number of rotatable bonds is 9. The van der Waals surface area contributed by atoms with E-state index in [2.05, 4.69) is 35.2 Å². The SMILES string of the molecule is CN(Cc1cnc2nc(N)nc(N)c2n1)c1ccc(C(=O)N[C@@H](CCC(=O)O)C(=O)O)cc1.c1cnccn1. The van der Waals surface area contributed by atoms with Crippen LogP contribution in [-0.4, -0.2) is 71.1 Å². The Morgan fingerprint density at radius 2 is 1.62 bits per heavy atom. The topological polar surface area (TPSA) is 236 Å². The number of benzene rings is 1. The first-order valence-electron chi connectivity index (χ1n) is 11.4. The molecule has 39 heavy (non-hydrogen) atoms. The number of nitrogens with zero attached hydrogens (tertiary/aromatic N) is 7. The van der Waals surface area contributed by atoms with Crippen LogP contribution in [0.2, 0.25) is 0 Å². The van der Waals surface area contributed by atoms with Gasteiger partial charge < -0.3 is 31.9 Å². The van der Waals surface area contributed by atoms with Crippen molar-refractivity contribution in [3.8, 4) is 0 Å². The van der Waals surface area contributed by atoms with Gasteiger partial charge in [-0.2, -0.15) is 9.97 Å². The third-order valence-corrected chi connectivity index (χ3v) is 5.20. The van der Waals surface area contributed by atoms with Crippen LogP contribution >= 0.6 is 0 Å². The molecule has 0 saturated heterocycles. The van der Waals surface area contributed by atoms with Crippen LogP contribution in [0.4, 0.5) is 17.5 Å². The smallest absolute Gasteiger partial charge is 0.326 e. The number of nitrogens with two attached hydrogens (primary N) is 2. The summed E-state index contributed by atoms with van der Waals surface area (Å²) in [5, 5.41) is 20.2. The second-order valence-corrected chi connectivity index (χ2v) is 8.09. The van der Waals surface area contributed by atoms with Crippen LogP contribution in [0.5, 0.6) is 0 Å². The maximum absolute atomic E-state index is 12.4. The molecule has 0 spiro atoms. The third-order valence-electron chi connectivity index (χ3n) is 5.20. The summed E-state index contributed by atoms with van der Waals surface area (Å²) in [4.78, 5) is 60.1. The maximum atomic E-state index is 12.4. The molecule has 1 atom stereocenters. The monoisotopic (exact) mass is 534 g/mol. The van der Waals surface area contributed by atoms with E-state index in [1.807, 2.05) is 11.9 Å². The molecule has 0 unspecified atom stereocenters. The fourth-order valence-electron chi connectivity index (χ4n) is 3.28. The molecule has 0 aliphatic carbocycles. The van der Waals surface area contributed by atoms with Crippen molar-refractivity contribution in [3.63, 3.8) is 0 Å². The van der Waals surface area contributed by atoms with Crippen molar-refractivity contribution < 1.29 is 24.6 Å². The van der Waals surface area contributed by atoms with Gasteiger partial charge >= 0.3 is 11.9 Å². The average molecular weight is 535 g/mol. The maximum Gasteiger partial charge on any atom is 0.326 e. The van der Waals surface area contributed by atoms with Crippen LogP contribution in [0.1, 0.15) is 28.9 Å². The van der Waals surface area contributed by atoms with Gasteiger partial charge in [-0.25, -0.2) is 14.8 Å². The van der Waals surface area contributed by atoms with Crippen molar-refractivity contribution in [1.82, 2.24) is 35.2 Å². The third kappa shape index (κ3) is 8.28. The van der Waals surface area contributed by atoms with Gasteiger partial charge in [0.15, 0.2) is 17.0 Å². The summed E-state index contributed by atoms with van der Waals surface area (Å²) in [7, 11) is 1.82. The molecule has 0 aliphatic rings. The minimum absolute atomic E-state index is 0.0138. The van der Waals surface area contributed by atoms with Crippen molar-refractivity contribution in [2.24, 2.45) is 0 Å². The average Bonchev–Trinajstić information content (AvgIpc) is 2.92. The van der Waals surface area contributed by atoms with Gasteiger partial charge in [-0.15, -0.1) is 0 Å². The fourth-order valence-corrected chi connectivity index (χ4v) is 3.28. The van der Waals surface area contributed by atoms with Gasteiger partial charge in [-0.3, -0.25) is 19.6 Å². The number of carboxylic acids is 2. The summed E-state index contributed by atoms with van der Waals surface area (Å²) in [6.45, 7) is 0.370. The highest BCUT2D eigenvalue weighted by atomic mass is 16.4. The van der Waals surface area contributed by atoms with Gasteiger partial charge in [0.1, 0.15) is 6.04 Å². The summed E-state index contributed by atoms with van der Waals surface area (Å²) < 4.78 is 0. The molecule has 1 aromatic carbocycles. The number of carboxylic acid groups (broad SMARTS) is 2. The molecule has 7 N–H and O–H groups in total. The molecule has 0 radical (unpaired) electrons. The van der Waals surface area contributed by atoms with Crippen LogP contribution in [0, 0.1) is 0 Å². The Hall–Kier alpha value is -5.47. The highest BCUT2D eigenvalue weighted by Crippen LogP contribution is 2.19. The van der Waals surface area contributed by atoms with Crippen LogP contribution < -0.4 is 21.7 Å². The standard InChI is InChI=1S/C20H22N8O5.C4H4N2/c1-28(9-11-8-23-17-15(24-11)16(21)26-20(22)27-17)12-4-2-10(3-5-12)18(31)25-13(19(32)33)6-7-14(29)30;1-2-6-4-3-5-1/h2-5,8,13H,6-7,9H2,1H3,(H,25,31)(H,29,30)(H,32,33)(H4,21,22,23,26,27);1-4H/t13-;/m0./s1. The molecule has 0 saturated carbocycles. The van der Waals surface area contributed by atoms with Crippen LogP contribution in [0.3, 0.4) is 0 Å². The highest BCUT2D eigenvalue weighted by molar-refractivity contribution is 5.97. The first kappa shape index (κ1) is 28.1. The lowest BCUT2D eigenvalue weighted by Crippen LogP contribution is -2.41. The largest absolute Gasteiger partial charge is 0.481 e. The Morgan fingerprint density at radius 1 is 0.974 bits per heavy atom. The highest BCUT2D eigenvalue weighted by Gasteiger charge is 2.21. The Balaban J connectivity index is 0.000000617. The first-order valence-corrected chi connectivity index (χ1v) is 11.4. The second-order valence-electron chi connectivity index (χ2n) is 8.09. The van der Waals surface area contributed by atoms with Crippen molar-refractivity contribution in [2.45, 2.75) is 25.4 Å². The van der Waals surface area contributed by atoms with E-state index in [0.717, 1.165) is 5.69 Å². The van der Waals surface area contributed by atoms with Gasteiger partial charge in [0.25, 0.3) is 5.91 Å². The van der Waals surface area contributed by atoms with E-state index < -0.39 is 23.9 Å². The molecular formula is C24H26N10O5. The number of aliphatic carboxylic acids is 2. The molecule has 202 valence electrons. The molecule has 0 bridgehead atoms. The van der Waals surface area contributed by atoms with E-state index in [4.69, 9.17) is 16.6 Å². The molecule has 15 heteroatoms. The molecule has 0 aliphatic heterocycles. The lowest BCUT2D eigenvalue weighted by molar-refractivity contribution is -0.140. The van der Waals surface area contributed by atoms with Gasteiger partial charge in [-0.05, 0) is 30.7 Å². The number of amides is 1. The van der Waals surface area contributed by atoms with Gasteiger partial charge in [0.2, 0.25) is 5.95 Å². The predicted molar refractivity (Wildman–Crippen MR) is 140 cm³/mol. The summed E-state index contributed by atoms with van der Waals surface area (Å²) in [5.41, 5.74) is 13.7. The Bertz CT molecular complexity index is 1410. The Labute approximate surface area is 222 Å². The number of nitrogen functional groups attached to an aromatic ring is 2. The van der Waals surface area contributed by atoms with Crippen LogP contribution in [0.15, 0.2) is 55.2 Å². The summed E-state index contributed by atoms with van der Waals surface area (Å²) in [5.74, 6) is -2.91. The molecule has 15 nitrogen and oxygen atoms in total. The number of carbonyl (C=O) groups is 3. The number of anilines is 3. The van der Waals surface area contributed by atoms with Crippen LogP contribution in [0.25, 0.3) is 11.2 Å². The van der Waals surface area contributed by atoms with Gasteiger partial charge in [0.05, 0.1) is 18.4 Å². The summed E-state index contributed by atoms with van der Waals surface area (Å²) in [6.07, 6.45) is 7.52. The number of nitrogens with one attached hydrogen (secondary N) is 1. The van der Waals surface area contributed by atoms with Crippen molar-refractivity contribution in [3.05, 3.63) is 66.5 Å². The first-order chi connectivity index (χ1) is 18.6. The number of fused-ring (bicyclic) bond motifs is 1. The zero-order chi connectivity index (χ0) is 28.4. The van der Waals surface area contributed by atoms with E-state index in [1.54, 1.807) is 43.1 Å². The molecule has 0 fully saturated rings. The van der Waals surface area contributed by atoms with E-state index >= 15 is 0 Å². The van der Waals surface area contributed by atoms with E-state index in [9.17, 15) is 19.5 Å². The van der Waals surface area contributed by atoms with Gasteiger partial charge in [-0.1, -0.05) is 0 Å². The summed E-state index contributed by atoms with van der Waals surface area (Å²) in [6, 6.07) is 5.16. The number of hydrogen-bond donors (Lipinski definition) is 5. The summed E-state index contributed by atoms with van der Waals surface area (Å²) >= 11 is 0. The fraction of sp³-hybridized carbons (Fsp3) is 0.208. The zero-order valence-electron chi connectivity index (χ0n) is 20.8. The number of hydrogen-bond acceptors (Lipinski definition) is 12. The molecule has 4 aromatic rings. The van der Waals surface area contributed by atoms with Crippen molar-refractivity contribution >= 4 is 46.5 Å². The van der Waals surface area contributed by atoms with E-state index in [0.29, 0.717) is 23.4 Å². The van der Waals surface area contributed by atoms with E-state index in [-0.39, 0.29) is 30.2 Å². The van der Waals surface area contributed by atoms with E-state index in [1.165, 1.54) is 12.1 Å². The van der Waals surface area contributed by atoms with Crippen molar-refractivity contribution in [2.75, 3.05) is 23.4 Å². The Kier molecular flexibility index (Phi) is 9.50. The minimum Gasteiger partial charge on any atom is -0.481 e. The molecule has 3 aromatic heterocycles. The second kappa shape index (κ2) is 13.2. The lowest BCUT2D eigenvalue weighted by atomic mass is 10.1. The molecule has 3 heterocycles. The predicted octanol–water partition coefficient (Wildman–Crippen LogP) is 0.745. The number of carbonyl (C=O) groups excluding carboxylic acids is 1. The lowest BCUT2D eigenvalue weighted by Gasteiger charge is -2.19. The normalized spacial score (nSPS) is 11.1. The molecular weight excluding hydrogens is 508 g/mol. The minimum atomic E-state index is -1.30. The Morgan fingerprint density at radius 3 is 2.18 bits per heavy atom. The zero-order valence-corrected chi connectivity index (χ0v) is 20.8.